The molecule has 0 aromatic heterocycles. The van der Waals surface area contributed by atoms with Crippen molar-refractivity contribution in [1.82, 2.24) is 5.32 Å². The number of carbonyl (C=O) groups excluding carboxylic acids is 1. The van der Waals surface area contributed by atoms with E-state index < -0.39 is 49.5 Å². The number of hydrogen-bond acceptors (Lipinski definition) is 8. The summed E-state index contributed by atoms with van der Waals surface area (Å²) in [6, 6.07) is -0.714. The van der Waals surface area contributed by atoms with Crippen LogP contribution in [-0.2, 0) is 14.3 Å². The molecule has 7 unspecified atom stereocenters. The monoisotopic (exact) mass is 836 g/mol. The minimum atomic E-state index is -1.55. The van der Waals surface area contributed by atoms with Gasteiger partial charge in [-0.25, -0.2) is 0 Å². The summed E-state index contributed by atoms with van der Waals surface area (Å²) in [5, 5.41) is 53.9. The van der Waals surface area contributed by atoms with E-state index in [1.165, 1.54) is 128 Å². The van der Waals surface area contributed by atoms with Gasteiger partial charge in [0.1, 0.15) is 24.4 Å². The van der Waals surface area contributed by atoms with Gasteiger partial charge in [0, 0.05) is 6.42 Å². The van der Waals surface area contributed by atoms with Gasteiger partial charge in [-0.15, -0.1) is 0 Å². The molecule has 0 radical (unpaired) electrons. The molecule has 0 saturated carbocycles. The zero-order valence-corrected chi connectivity index (χ0v) is 38.0. The van der Waals surface area contributed by atoms with E-state index in [-0.39, 0.29) is 12.5 Å². The van der Waals surface area contributed by atoms with Gasteiger partial charge in [-0.05, 0) is 51.4 Å². The summed E-state index contributed by atoms with van der Waals surface area (Å²) in [6.45, 7) is 3.73. The van der Waals surface area contributed by atoms with Crippen molar-refractivity contribution in [2.24, 2.45) is 0 Å². The van der Waals surface area contributed by atoms with E-state index in [1.807, 2.05) is 0 Å². The second-order valence-corrected chi connectivity index (χ2v) is 17.3. The molecule has 0 aromatic rings. The maximum Gasteiger partial charge on any atom is 0.220 e. The van der Waals surface area contributed by atoms with Crippen LogP contribution in [-0.4, -0.2) is 87.5 Å². The zero-order chi connectivity index (χ0) is 43.0. The average molecular weight is 836 g/mol. The van der Waals surface area contributed by atoms with E-state index in [0.717, 1.165) is 64.2 Å². The van der Waals surface area contributed by atoms with Gasteiger partial charge in [-0.3, -0.25) is 4.79 Å². The fourth-order valence-corrected chi connectivity index (χ4v) is 7.76. The first kappa shape index (κ1) is 55.4. The van der Waals surface area contributed by atoms with Crippen molar-refractivity contribution >= 4 is 5.91 Å². The van der Waals surface area contributed by atoms with E-state index >= 15 is 0 Å². The van der Waals surface area contributed by atoms with Crippen LogP contribution in [0.4, 0.5) is 0 Å². The molecule has 0 bridgehead atoms. The summed E-state index contributed by atoms with van der Waals surface area (Å²) in [6.07, 6.45) is 43.7. The Morgan fingerprint density at radius 2 is 1.00 bits per heavy atom. The summed E-state index contributed by atoms with van der Waals surface area (Å²) in [7, 11) is 0. The number of carbonyl (C=O) groups is 1. The highest BCUT2D eigenvalue weighted by molar-refractivity contribution is 5.76. The molecule has 0 aliphatic carbocycles. The van der Waals surface area contributed by atoms with Crippen molar-refractivity contribution in [2.75, 3.05) is 13.2 Å². The lowest BCUT2D eigenvalue weighted by molar-refractivity contribution is -0.302. The average Bonchev–Trinajstić information content (AvgIpc) is 3.23. The van der Waals surface area contributed by atoms with Crippen LogP contribution in [0.15, 0.2) is 36.5 Å². The third-order valence-corrected chi connectivity index (χ3v) is 11.7. The SMILES string of the molecule is CCCCCCC/C=C\C/C=C\C/C=C\CCCCCCCCCCCCCCCCCCC(=O)NC(COC1OC(CO)C(O)C(O)C1O)C(O)CCCCCCC. The molecule has 0 spiro atoms. The van der Waals surface area contributed by atoms with Crippen LogP contribution in [0.25, 0.3) is 0 Å². The van der Waals surface area contributed by atoms with Gasteiger partial charge < -0.3 is 40.3 Å². The van der Waals surface area contributed by atoms with Gasteiger partial charge in [-0.2, -0.15) is 0 Å². The quantitative estimate of drug-likeness (QED) is 0.0263. The molecule has 6 N–H and O–H groups in total. The van der Waals surface area contributed by atoms with Crippen molar-refractivity contribution in [3.05, 3.63) is 36.5 Å². The molecule has 1 fully saturated rings. The van der Waals surface area contributed by atoms with Crippen molar-refractivity contribution in [2.45, 2.75) is 262 Å². The Labute approximate surface area is 361 Å². The second kappa shape index (κ2) is 40.5. The fourth-order valence-electron chi connectivity index (χ4n) is 7.76. The van der Waals surface area contributed by atoms with E-state index in [2.05, 4.69) is 55.6 Å². The van der Waals surface area contributed by atoms with Crippen LogP contribution >= 0.6 is 0 Å². The summed E-state index contributed by atoms with van der Waals surface area (Å²) >= 11 is 0. The van der Waals surface area contributed by atoms with E-state index in [1.54, 1.807) is 0 Å². The fraction of sp³-hybridized carbons (Fsp3) is 0.860. The Hall–Kier alpha value is -1.59. The van der Waals surface area contributed by atoms with Crippen LogP contribution in [0.2, 0.25) is 0 Å². The molecule has 9 nitrogen and oxygen atoms in total. The van der Waals surface area contributed by atoms with Gasteiger partial charge in [0.25, 0.3) is 0 Å². The van der Waals surface area contributed by atoms with Gasteiger partial charge >= 0.3 is 0 Å². The molecule has 1 heterocycles. The summed E-state index contributed by atoms with van der Waals surface area (Å²) in [4.78, 5) is 12.9. The molecule has 1 amide bonds. The topological polar surface area (TPSA) is 149 Å². The lowest BCUT2D eigenvalue weighted by Gasteiger charge is -2.40. The Balaban J connectivity index is 2.04. The van der Waals surface area contributed by atoms with Crippen LogP contribution in [0.1, 0.15) is 219 Å². The van der Waals surface area contributed by atoms with Gasteiger partial charge in [-0.1, -0.05) is 198 Å². The van der Waals surface area contributed by atoms with E-state index in [0.29, 0.717) is 12.8 Å². The first-order valence-electron chi connectivity index (χ1n) is 24.7. The van der Waals surface area contributed by atoms with Crippen LogP contribution < -0.4 is 5.32 Å². The molecule has 1 rings (SSSR count). The molecule has 59 heavy (non-hydrogen) atoms. The Morgan fingerprint density at radius 3 is 1.47 bits per heavy atom. The lowest BCUT2D eigenvalue weighted by Crippen LogP contribution is -2.60. The number of amides is 1. The number of unbranched alkanes of at least 4 members (excludes halogenated alkanes) is 25. The molecule has 0 aromatic carbocycles. The minimum Gasteiger partial charge on any atom is -0.394 e. The predicted octanol–water partition coefficient (Wildman–Crippen LogP) is 10.8. The number of hydrogen-bond donors (Lipinski definition) is 6. The summed E-state index contributed by atoms with van der Waals surface area (Å²) in [5.41, 5.74) is 0. The smallest absolute Gasteiger partial charge is 0.220 e. The highest BCUT2D eigenvalue weighted by Gasteiger charge is 2.44. The first-order valence-corrected chi connectivity index (χ1v) is 24.7. The number of allylic oxidation sites excluding steroid dienone is 6. The normalized spacial score (nSPS) is 21.0. The van der Waals surface area contributed by atoms with Crippen LogP contribution in [0, 0.1) is 0 Å². The molecular weight excluding hydrogens is 743 g/mol. The molecule has 1 saturated heterocycles. The first-order chi connectivity index (χ1) is 28.8. The van der Waals surface area contributed by atoms with Crippen molar-refractivity contribution in [3.8, 4) is 0 Å². The third kappa shape index (κ3) is 31.0. The van der Waals surface area contributed by atoms with Crippen LogP contribution in [0.3, 0.4) is 0 Å². The zero-order valence-electron chi connectivity index (χ0n) is 38.0. The molecule has 9 heteroatoms. The van der Waals surface area contributed by atoms with Crippen molar-refractivity contribution < 1.29 is 39.8 Å². The number of aliphatic hydroxyl groups is 5. The maximum atomic E-state index is 12.9. The molecule has 1 aliphatic heterocycles. The van der Waals surface area contributed by atoms with Gasteiger partial charge in [0.05, 0.1) is 25.4 Å². The number of nitrogens with one attached hydrogen (secondary N) is 1. The molecular formula is C50H93NO8. The van der Waals surface area contributed by atoms with Gasteiger partial charge in [0.15, 0.2) is 6.29 Å². The lowest BCUT2D eigenvalue weighted by atomic mass is 9.99. The number of ether oxygens (including phenoxy) is 2. The van der Waals surface area contributed by atoms with E-state index in [9.17, 15) is 30.3 Å². The van der Waals surface area contributed by atoms with Gasteiger partial charge in [0.2, 0.25) is 5.91 Å². The number of aliphatic hydroxyl groups excluding tert-OH is 5. The largest absolute Gasteiger partial charge is 0.394 e. The standard InChI is InChI=1S/C50H93NO8/c1-3-5-7-9-10-11-12-13-14-15-16-17-18-19-20-21-22-23-24-25-26-27-28-29-30-31-32-33-34-36-38-40-46(54)51-43(44(53)39-37-35-8-6-4-2)42-58-50-49(57)48(56)47(55)45(41-52)59-50/h12-13,15-16,18-19,43-45,47-50,52-53,55-57H,3-11,14,17,20-42H2,1-2H3,(H,51,54)/b13-12-,16-15-,19-18-. The second-order valence-electron chi connectivity index (χ2n) is 17.3. The molecule has 7 atom stereocenters. The Bertz CT molecular complexity index is 1020. The number of rotatable bonds is 41. The van der Waals surface area contributed by atoms with Crippen LogP contribution in [0.5, 0.6) is 0 Å². The molecule has 346 valence electrons. The maximum absolute atomic E-state index is 12.9. The Kier molecular flexibility index (Phi) is 38.0. The third-order valence-electron chi connectivity index (χ3n) is 11.7. The van der Waals surface area contributed by atoms with E-state index in [4.69, 9.17) is 9.47 Å². The minimum absolute atomic E-state index is 0.139. The highest BCUT2D eigenvalue weighted by Crippen LogP contribution is 2.23. The molecule has 1 aliphatic rings. The Morgan fingerprint density at radius 1 is 0.576 bits per heavy atom. The van der Waals surface area contributed by atoms with Crippen molar-refractivity contribution in [1.29, 1.82) is 0 Å². The summed E-state index contributed by atoms with van der Waals surface area (Å²) < 4.78 is 11.2. The summed E-state index contributed by atoms with van der Waals surface area (Å²) in [5.74, 6) is -0.151. The highest BCUT2D eigenvalue weighted by atomic mass is 16.7. The van der Waals surface area contributed by atoms with Crippen molar-refractivity contribution in [3.63, 3.8) is 0 Å². The predicted molar refractivity (Wildman–Crippen MR) is 244 cm³/mol.